The first-order chi connectivity index (χ1) is 10.1. The molecule has 3 aromatic rings. The standard InChI is InChI=1S/C16H16BrN3O/c1-20-15-6-3-10(9-18)7-14(15)19-16(20)12-8-11(21-2)4-5-13(12)17/h3-8H,9,18H2,1-2H3. The number of aryl methyl sites for hydroxylation is 1. The fraction of sp³-hybridized carbons (Fsp3) is 0.188. The maximum Gasteiger partial charge on any atom is 0.142 e. The van der Waals surface area contributed by atoms with Gasteiger partial charge in [0.15, 0.2) is 0 Å². The van der Waals surface area contributed by atoms with Gasteiger partial charge in [-0.05, 0) is 35.9 Å². The van der Waals surface area contributed by atoms with Crippen molar-refractivity contribution in [1.82, 2.24) is 9.55 Å². The summed E-state index contributed by atoms with van der Waals surface area (Å²) in [6, 6.07) is 12.0. The van der Waals surface area contributed by atoms with E-state index >= 15 is 0 Å². The van der Waals surface area contributed by atoms with Crippen molar-refractivity contribution >= 4 is 27.0 Å². The van der Waals surface area contributed by atoms with Crippen LogP contribution in [0.2, 0.25) is 0 Å². The Morgan fingerprint density at radius 3 is 2.76 bits per heavy atom. The maximum atomic E-state index is 5.70. The van der Waals surface area contributed by atoms with Crippen molar-refractivity contribution in [1.29, 1.82) is 0 Å². The quantitative estimate of drug-likeness (QED) is 0.790. The van der Waals surface area contributed by atoms with E-state index in [2.05, 4.69) is 26.6 Å². The van der Waals surface area contributed by atoms with Crippen LogP contribution < -0.4 is 10.5 Å². The number of halogens is 1. The van der Waals surface area contributed by atoms with Crippen molar-refractivity contribution < 1.29 is 4.74 Å². The number of ether oxygens (including phenoxy) is 1. The van der Waals surface area contributed by atoms with Gasteiger partial charge < -0.3 is 15.0 Å². The summed E-state index contributed by atoms with van der Waals surface area (Å²) in [4.78, 5) is 4.75. The van der Waals surface area contributed by atoms with Gasteiger partial charge >= 0.3 is 0 Å². The van der Waals surface area contributed by atoms with Crippen LogP contribution in [0.1, 0.15) is 5.56 Å². The van der Waals surface area contributed by atoms with Crippen LogP contribution in [0.5, 0.6) is 5.75 Å². The molecule has 0 fully saturated rings. The smallest absolute Gasteiger partial charge is 0.142 e. The van der Waals surface area contributed by atoms with Crippen molar-refractivity contribution in [3.8, 4) is 17.1 Å². The molecule has 2 aromatic carbocycles. The molecule has 0 saturated carbocycles. The SMILES string of the molecule is COc1ccc(Br)c(-c2nc3cc(CN)ccc3n2C)c1. The highest BCUT2D eigenvalue weighted by molar-refractivity contribution is 9.10. The van der Waals surface area contributed by atoms with E-state index in [0.717, 1.165) is 38.2 Å². The molecule has 0 aliphatic carbocycles. The third kappa shape index (κ3) is 2.43. The summed E-state index contributed by atoms with van der Waals surface area (Å²) in [5.41, 5.74) is 9.81. The average Bonchev–Trinajstić information content (AvgIpc) is 2.84. The van der Waals surface area contributed by atoms with Crippen LogP contribution in [-0.4, -0.2) is 16.7 Å². The van der Waals surface area contributed by atoms with E-state index in [4.69, 9.17) is 15.5 Å². The van der Waals surface area contributed by atoms with Gasteiger partial charge in [0, 0.05) is 23.6 Å². The fourth-order valence-corrected chi connectivity index (χ4v) is 2.84. The summed E-state index contributed by atoms with van der Waals surface area (Å²) in [5.74, 6) is 1.70. The Hall–Kier alpha value is -1.85. The van der Waals surface area contributed by atoms with Gasteiger partial charge in [-0.2, -0.15) is 0 Å². The van der Waals surface area contributed by atoms with Crippen LogP contribution in [0.15, 0.2) is 40.9 Å². The Morgan fingerprint density at radius 1 is 1.24 bits per heavy atom. The molecular formula is C16H16BrN3O. The molecule has 0 unspecified atom stereocenters. The lowest BCUT2D eigenvalue weighted by Crippen LogP contribution is -1.96. The highest BCUT2D eigenvalue weighted by Gasteiger charge is 2.13. The molecule has 0 spiro atoms. The van der Waals surface area contributed by atoms with Gasteiger partial charge in [0.1, 0.15) is 11.6 Å². The minimum absolute atomic E-state index is 0.519. The van der Waals surface area contributed by atoms with Crippen LogP contribution >= 0.6 is 15.9 Å². The highest BCUT2D eigenvalue weighted by Crippen LogP contribution is 2.32. The second-order valence-electron chi connectivity index (χ2n) is 4.87. The van der Waals surface area contributed by atoms with Gasteiger partial charge in [-0.3, -0.25) is 0 Å². The van der Waals surface area contributed by atoms with Crippen LogP contribution in [-0.2, 0) is 13.6 Å². The number of hydrogen-bond donors (Lipinski definition) is 1. The first-order valence-electron chi connectivity index (χ1n) is 6.63. The zero-order valence-electron chi connectivity index (χ0n) is 11.9. The van der Waals surface area contributed by atoms with Crippen molar-refractivity contribution in [2.75, 3.05) is 7.11 Å². The van der Waals surface area contributed by atoms with Gasteiger partial charge in [0.25, 0.3) is 0 Å². The van der Waals surface area contributed by atoms with Crippen molar-refractivity contribution in [2.24, 2.45) is 12.8 Å². The molecule has 0 aliphatic heterocycles. The molecule has 0 amide bonds. The van der Waals surface area contributed by atoms with Crippen molar-refractivity contribution in [3.63, 3.8) is 0 Å². The minimum atomic E-state index is 0.519. The molecular weight excluding hydrogens is 330 g/mol. The molecule has 1 aromatic heterocycles. The number of rotatable bonds is 3. The maximum absolute atomic E-state index is 5.70. The molecule has 108 valence electrons. The van der Waals surface area contributed by atoms with E-state index in [1.165, 1.54) is 0 Å². The lowest BCUT2D eigenvalue weighted by Gasteiger charge is -2.07. The number of benzene rings is 2. The molecule has 5 heteroatoms. The number of aromatic nitrogens is 2. The van der Waals surface area contributed by atoms with E-state index in [1.54, 1.807) is 7.11 Å². The topological polar surface area (TPSA) is 53.1 Å². The monoisotopic (exact) mass is 345 g/mol. The van der Waals surface area contributed by atoms with E-state index in [-0.39, 0.29) is 0 Å². The first kappa shape index (κ1) is 14.1. The van der Waals surface area contributed by atoms with Crippen LogP contribution in [0, 0.1) is 0 Å². The summed E-state index contributed by atoms with van der Waals surface area (Å²) in [6.45, 7) is 0.519. The number of methoxy groups -OCH3 is 1. The van der Waals surface area contributed by atoms with Crippen LogP contribution in [0.25, 0.3) is 22.4 Å². The predicted octanol–water partition coefficient (Wildman–Crippen LogP) is 3.47. The molecule has 0 aliphatic rings. The number of nitrogens with zero attached hydrogens (tertiary/aromatic N) is 2. The molecule has 0 radical (unpaired) electrons. The minimum Gasteiger partial charge on any atom is -0.497 e. The summed E-state index contributed by atoms with van der Waals surface area (Å²) in [5, 5.41) is 0. The van der Waals surface area contributed by atoms with E-state index < -0.39 is 0 Å². The van der Waals surface area contributed by atoms with Crippen LogP contribution in [0.4, 0.5) is 0 Å². The number of hydrogen-bond acceptors (Lipinski definition) is 3. The molecule has 0 saturated heterocycles. The molecule has 1 heterocycles. The molecule has 0 atom stereocenters. The highest BCUT2D eigenvalue weighted by atomic mass is 79.9. The van der Waals surface area contributed by atoms with E-state index in [9.17, 15) is 0 Å². The lowest BCUT2D eigenvalue weighted by atomic mass is 10.2. The largest absolute Gasteiger partial charge is 0.497 e. The Morgan fingerprint density at radius 2 is 2.05 bits per heavy atom. The number of imidazole rings is 1. The number of fused-ring (bicyclic) bond motifs is 1. The van der Waals surface area contributed by atoms with Gasteiger partial charge in [0.05, 0.1) is 18.1 Å². The molecule has 2 N–H and O–H groups in total. The van der Waals surface area contributed by atoms with E-state index in [1.807, 2.05) is 37.4 Å². The average molecular weight is 346 g/mol. The fourth-order valence-electron chi connectivity index (χ4n) is 2.42. The second-order valence-corrected chi connectivity index (χ2v) is 5.72. The third-order valence-corrected chi connectivity index (χ3v) is 4.29. The van der Waals surface area contributed by atoms with Crippen molar-refractivity contribution in [3.05, 3.63) is 46.4 Å². The Kier molecular flexibility index (Phi) is 3.69. The van der Waals surface area contributed by atoms with E-state index in [0.29, 0.717) is 6.54 Å². The molecule has 21 heavy (non-hydrogen) atoms. The van der Waals surface area contributed by atoms with Gasteiger partial charge in [-0.15, -0.1) is 0 Å². The second kappa shape index (κ2) is 5.50. The molecule has 4 nitrogen and oxygen atoms in total. The summed E-state index contributed by atoms with van der Waals surface area (Å²) in [7, 11) is 3.67. The Balaban J connectivity index is 2.23. The van der Waals surface area contributed by atoms with Crippen LogP contribution in [0.3, 0.4) is 0 Å². The van der Waals surface area contributed by atoms with Gasteiger partial charge in [-0.1, -0.05) is 22.0 Å². The zero-order chi connectivity index (χ0) is 15.0. The summed E-state index contributed by atoms with van der Waals surface area (Å²) >= 11 is 3.59. The zero-order valence-corrected chi connectivity index (χ0v) is 13.5. The molecule has 0 bridgehead atoms. The lowest BCUT2D eigenvalue weighted by molar-refractivity contribution is 0.415. The normalized spacial score (nSPS) is 11.0. The van der Waals surface area contributed by atoms with Gasteiger partial charge in [0.2, 0.25) is 0 Å². The third-order valence-electron chi connectivity index (χ3n) is 3.60. The molecule has 3 rings (SSSR count). The Bertz CT molecular complexity index is 811. The Labute approximate surface area is 131 Å². The number of nitrogens with two attached hydrogens (primary N) is 1. The van der Waals surface area contributed by atoms with Crippen molar-refractivity contribution in [2.45, 2.75) is 6.54 Å². The summed E-state index contributed by atoms with van der Waals surface area (Å²) < 4.78 is 8.37. The summed E-state index contributed by atoms with van der Waals surface area (Å²) in [6.07, 6.45) is 0. The first-order valence-corrected chi connectivity index (χ1v) is 7.42. The predicted molar refractivity (Wildman–Crippen MR) is 88.3 cm³/mol. The van der Waals surface area contributed by atoms with Gasteiger partial charge in [-0.25, -0.2) is 4.98 Å².